The molecule has 0 atom stereocenters. The molecule has 1 N–H and O–H groups in total. The SMILES string of the molecule is COc1ccc(NC(=O)C(=O)OC(C)C)ccc1=O. The van der Waals surface area contributed by atoms with Crippen LogP contribution in [0.5, 0.6) is 5.75 Å². The van der Waals surface area contributed by atoms with Gasteiger partial charge in [0.25, 0.3) is 0 Å². The molecule has 19 heavy (non-hydrogen) atoms. The van der Waals surface area contributed by atoms with Crippen molar-refractivity contribution in [1.29, 1.82) is 0 Å². The van der Waals surface area contributed by atoms with Gasteiger partial charge in [0.05, 0.1) is 13.2 Å². The molecule has 102 valence electrons. The number of rotatable bonds is 3. The molecule has 6 heteroatoms. The van der Waals surface area contributed by atoms with Gasteiger partial charge >= 0.3 is 11.9 Å². The Balaban J connectivity index is 2.84. The van der Waals surface area contributed by atoms with Crippen molar-refractivity contribution in [2.24, 2.45) is 0 Å². The van der Waals surface area contributed by atoms with Crippen molar-refractivity contribution in [3.8, 4) is 5.75 Å². The first-order valence-electron chi connectivity index (χ1n) is 5.64. The van der Waals surface area contributed by atoms with Crippen LogP contribution in [0.1, 0.15) is 13.8 Å². The molecule has 1 amide bonds. The van der Waals surface area contributed by atoms with E-state index in [-0.39, 0.29) is 17.3 Å². The van der Waals surface area contributed by atoms with Gasteiger partial charge in [-0.25, -0.2) is 4.79 Å². The van der Waals surface area contributed by atoms with Crippen molar-refractivity contribution in [1.82, 2.24) is 0 Å². The molecule has 0 fully saturated rings. The van der Waals surface area contributed by atoms with Crippen LogP contribution in [0.4, 0.5) is 5.69 Å². The van der Waals surface area contributed by atoms with Crippen LogP contribution >= 0.6 is 0 Å². The van der Waals surface area contributed by atoms with Gasteiger partial charge in [0, 0.05) is 5.69 Å². The highest BCUT2D eigenvalue weighted by atomic mass is 16.5. The summed E-state index contributed by atoms with van der Waals surface area (Å²) in [5.74, 6) is -1.73. The molecule has 0 heterocycles. The zero-order valence-electron chi connectivity index (χ0n) is 10.9. The van der Waals surface area contributed by atoms with Gasteiger partial charge in [-0.05, 0) is 38.1 Å². The molecule has 0 spiro atoms. The molecule has 1 aromatic carbocycles. The topological polar surface area (TPSA) is 81.7 Å². The second-order valence-corrected chi connectivity index (χ2v) is 3.96. The second kappa shape index (κ2) is 6.53. The van der Waals surface area contributed by atoms with E-state index in [1.165, 1.54) is 31.4 Å². The molecule has 0 radical (unpaired) electrons. The molecule has 1 rings (SSSR count). The first kappa shape index (κ1) is 14.7. The third-order valence-electron chi connectivity index (χ3n) is 2.08. The lowest BCUT2D eigenvalue weighted by molar-refractivity contribution is -0.155. The summed E-state index contributed by atoms with van der Waals surface area (Å²) < 4.78 is 9.59. The number of anilines is 1. The number of esters is 1. The third kappa shape index (κ3) is 4.42. The lowest BCUT2D eigenvalue weighted by Crippen LogP contribution is -2.27. The normalized spacial score (nSPS) is 9.89. The number of carbonyl (C=O) groups is 2. The Bertz CT molecular complexity index is 539. The van der Waals surface area contributed by atoms with E-state index < -0.39 is 11.9 Å². The Morgan fingerprint density at radius 3 is 2.37 bits per heavy atom. The fourth-order valence-electron chi connectivity index (χ4n) is 1.25. The lowest BCUT2D eigenvalue weighted by Gasteiger charge is -2.07. The Labute approximate surface area is 110 Å². The molecule has 0 aliphatic rings. The van der Waals surface area contributed by atoms with Gasteiger partial charge in [-0.15, -0.1) is 0 Å². The molecule has 0 aromatic heterocycles. The second-order valence-electron chi connectivity index (χ2n) is 3.96. The highest BCUT2D eigenvalue weighted by Gasteiger charge is 2.16. The number of methoxy groups -OCH3 is 1. The van der Waals surface area contributed by atoms with Crippen LogP contribution in [0.25, 0.3) is 0 Å². The fourth-order valence-corrected chi connectivity index (χ4v) is 1.25. The maximum Gasteiger partial charge on any atom is 0.397 e. The molecule has 0 aliphatic carbocycles. The van der Waals surface area contributed by atoms with Gasteiger partial charge in [0.2, 0.25) is 5.43 Å². The zero-order valence-corrected chi connectivity index (χ0v) is 10.9. The lowest BCUT2D eigenvalue weighted by atomic mass is 10.4. The predicted molar refractivity (Wildman–Crippen MR) is 69.1 cm³/mol. The maximum absolute atomic E-state index is 11.5. The first-order valence-corrected chi connectivity index (χ1v) is 5.64. The van der Waals surface area contributed by atoms with E-state index in [9.17, 15) is 14.4 Å². The van der Waals surface area contributed by atoms with Crippen LogP contribution in [-0.4, -0.2) is 25.1 Å². The Hall–Kier alpha value is -2.37. The quantitative estimate of drug-likeness (QED) is 0.650. The van der Waals surface area contributed by atoms with E-state index in [4.69, 9.17) is 9.47 Å². The van der Waals surface area contributed by atoms with Crippen molar-refractivity contribution < 1.29 is 19.1 Å². The van der Waals surface area contributed by atoms with Crippen molar-refractivity contribution in [2.45, 2.75) is 20.0 Å². The first-order chi connectivity index (χ1) is 8.93. The maximum atomic E-state index is 11.5. The van der Waals surface area contributed by atoms with E-state index in [2.05, 4.69) is 5.32 Å². The van der Waals surface area contributed by atoms with Crippen LogP contribution in [0, 0.1) is 0 Å². The van der Waals surface area contributed by atoms with Gasteiger partial charge in [0.15, 0.2) is 5.75 Å². The van der Waals surface area contributed by atoms with Gasteiger partial charge < -0.3 is 14.8 Å². The van der Waals surface area contributed by atoms with E-state index in [0.29, 0.717) is 5.69 Å². The minimum atomic E-state index is -0.976. The molecular weight excluding hydrogens is 250 g/mol. The number of hydrogen-bond donors (Lipinski definition) is 1. The van der Waals surface area contributed by atoms with Gasteiger partial charge in [0.1, 0.15) is 0 Å². The molecule has 0 saturated carbocycles. The minimum Gasteiger partial charge on any atom is -0.493 e. The summed E-state index contributed by atoms with van der Waals surface area (Å²) in [5.41, 5.74) is -0.0288. The largest absolute Gasteiger partial charge is 0.493 e. The zero-order chi connectivity index (χ0) is 14.4. The standard InChI is InChI=1S/C13H15NO5/c1-8(2)19-13(17)12(16)14-9-4-6-10(15)11(18-3)7-5-9/h4-8H,1-3H3,(H,14,16). The molecule has 6 nitrogen and oxygen atoms in total. The molecule has 0 unspecified atom stereocenters. The van der Waals surface area contributed by atoms with Crippen molar-refractivity contribution in [3.05, 3.63) is 34.5 Å². The summed E-state index contributed by atoms with van der Waals surface area (Å²) in [7, 11) is 1.37. The van der Waals surface area contributed by atoms with E-state index in [1.54, 1.807) is 13.8 Å². The average molecular weight is 265 g/mol. The summed E-state index contributed by atoms with van der Waals surface area (Å²) in [4.78, 5) is 34.2. The van der Waals surface area contributed by atoms with Crippen molar-refractivity contribution >= 4 is 17.6 Å². The van der Waals surface area contributed by atoms with Gasteiger partial charge in [-0.2, -0.15) is 0 Å². The summed E-state index contributed by atoms with van der Waals surface area (Å²) in [5, 5.41) is 2.34. The van der Waals surface area contributed by atoms with Crippen molar-refractivity contribution in [2.75, 3.05) is 12.4 Å². The van der Waals surface area contributed by atoms with Crippen LogP contribution in [0.2, 0.25) is 0 Å². The average Bonchev–Trinajstić information content (AvgIpc) is 2.51. The van der Waals surface area contributed by atoms with E-state index >= 15 is 0 Å². The summed E-state index contributed by atoms with van der Waals surface area (Å²) in [6.07, 6.45) is -0.376. The number of amides is 1. The van der Waals surface area contributed by atoms with E-state index in [1.807, 2.05) is 0 Å². The molecule has 0 aliphatic heterocycles. The van der Waals surface area contributed by atoms with Gasteiger partial charge in [-0.3, -0.25) is 9.59 Å². The van der Waals surface area contributed by atoms with Crippen LogP contribution in [0.3, 0.4) is 0 Å². The van der Waals surface area contributed by atoms with Crippen molar-refractivity contribution in [3.63, 3.8) is 0 Å². The number of carbonyl (C=O) groups excluding carboxylic acids is 2. The number of ether oxygens (including phenoxy) is 2. The van der Waals surface area contributed by atoms with Crippen LogP contribution in [-0.2, 0) is 14.3 Å². The third-order valence-corrected chi connectivity index (χ3v) is 2.08. The number of hydrogen-bond acceptors (Lipinski definition) is 5. The summed E-state index contributed by atoms with van der Waals surface area (Å²) >= 11 is 0. The van der Waals surface area contributed by atoms with Crippen LogP contribution < -0.4 is 15.5 Å². The smallest absolute Gasteiger partial charge is 0.397 e. The fraction of sp³-hybridized carbons (Fsp3) is 0.308. The molecular formula is C13H15NO5. The highest BCUT2D eigenvalue weighted by molar-refractivity contribution is 6.37. The summed E-state index contributed by atoms with van der Waals surface area (Å²) in [6.45, 7) is 3.28. The Morgan fingerprint density at radius 2 is 1.79 bits per heavy atom. The monoisotopic (exact) mass is 265 g/mol. The highest BCUT2D eigenvalue weighted by Crippen LogP contribution is 2.08. The molecule has 0 bridgehead atoms. The molecule has 1 aromatic rings. The van der Waals surface area contributed by atoms with Crippen LogP contribution in [0.15, 0.2) is 29.1 Å². The predicted octanol–water partition coefficient (Wildman–Crippen LogP) is 0.945. The number of nitrogens with one attached hydrogen (secondary N) is 1. The Kier molecular flexibility index (Phi) is 5.05. The van der Waals surface area contributed by atoms with E-state index in [0.717, 1.165) is 0 Å². The van der Waals surface area contributed by atoms with Gasteiger partial charge in [-0.1, -0.05) is 0 Å². The minimum absolute atomic E-state index is 0.144. The summed E-state index contributed by atoms with van der Waals surface area (Å²) in [6, 6.07) is 5.49. The molecule has 0 saturated heterocycles. The Morgan fingerprint density at radius 1 is 1.16 bits per heavy atom.